The molecule has 0 aromatic carbocycles. The first-order chi connectivity index (χ1) is 8.72. The van der Waals surface area contributed by atoms with E-state index in [0.717, 1.165) is 29.7 Å². The second-order valence-corrected chi connectivity index (χ2v) is 7.99. The highest BCUT2D eigenvalue weighted by Crippen LogP contribution is 2.61. The molecule has 0 spiro atoms. The minimum absolute atomic E-state index is 0.706. The van der Waals surface area contributed by atoms with Crippen molar-refractivity contribution in [3.8, 4) is 0 Å². The van der Waals surface area contributed by atoms with Crippen LogP contribution >= 0.6 is 0 Å². The molecule has 5 fully saturated rings. The fourth-order valence-corrected chi connectivity index (χ4v) is 6.24. The maximum atomic E-state index is 6.09. The van der Waals surface area contributed by atoms with E-state index in [4.69, 9.17) is 5.84 Å². The lowest BCUT2D eigenvalue weighted by Crippen LogP contribution is -2.46. The van der Waals surface area contributed by atoms with E-state index in [2.05, 4.69) is 5.01 Å². The predicted molar refractivity (Wildman–Crippen MR) is 73.8 cm³/mol. The Kier molecular flexibility index (Phi) is 2.74. The van der Waals surface area contributed by atoms with E-state index >= 15 is 0 Å². The molecule has 2 N–H and O–H groups in total. The Hall–Kier alpha value is -0.0800. The first kappa shape index (κ1) is 11.7. The summed E-state index contributed by atoms with van der Waals surface area (Å²) in [5.74, 6) is 9.41. The summed E-state index contributed by atoms with van der Waals surface area (Å²) >= 11 is 0. The number of hydrogen-bond acceptors (Lipinski definition) is 2. The van der Waals surface area contributed by atoms with Crippen molar-refractivity contribution in [1.82, 2.24) is 5.01 Å². The first-order valence-electron chi connectivity index (χ1n) is 8.24. The Bertz CT molecular complexity index is 290. The van der Waals surface area contributed by atoms with Crippen LogP contribution in [0.3, 0.4) is 0 Å². The third-order valence-corrected chi connectivity index (χ3v) is 6.60. The van der Waals surface area contributed by atoms with Gasteiger partial charge in [-0.1, -0.05) is 0 Å². The average Bonchev–Trinajstić information content (AvgIpc) is 2.70. The minimum Gasteiger partial charge on any atom is -0.269 e. The van der Waals surface area contributed by atoms with Crippen LogP contribution in [0.15, 0.2) is 0 Å². The molecule has 18 heavy (non-hydrogen) atoms. The van der Waals surface area contributed by atoms with Crippen LogP contribution in [0.25, 0.3) is 0 Å². The minimum atomic E-state index is 0.706. The van der Waals surface area contributed by atoms with Crippen LogP contribution < -0.4 is 5.84 Å². The van der Waals surface area contributed by atoms with Crippen LogP contribution in [0, 0.1) is 23.2 Å². The molecule has 2 heteroatoms. The van der Waals surface area contributed by atoms with Crippen molar-refractivity contribution in [2.24, 2.45) is 29.0 Å². The lowest BCUT2D eigenvalue weighted by molar-refractivity contribution is -0.0605. The Labute approximate surface area is 111 Å². The van der Waals surface area contributed by atoms with Crippen molar-refractivity contribution in [3.63, 3.8) is 0 Å². The highest BCUT2D eigenvalue weighted by molar-refractivity contribution is 5.01. The number of hydrazine groups is 1. The highest BCUT2D eigenvalue weighted by atomic mass is 15.4. The monoisotopic (exact) mass is 248 g/mol. The predicted octanol–water partition coefficient (Wildman–Crippen LogP) is 3.32. The Balaban J connectivity index is 1.41. The van der Waals surface area contributed by atoms with Crippen molar-refractivity contribution >= 4 is 0 Å². The van der Waals surface area contributed by atoms with Crippen LogP contribution in [0.4, 0.5) is 0 Å². The summed E-state index contributed by atoms with van der Waals surface area (Å²) in [6.45, 7) is 1.13. The fraction of sp³-hybridized carbons (Fsp3) is 1.00. The van der Waals surface area contributed by atoms with Gasteiger partial charge in [0.25, 0.3) is 0 Å². The Morgan fingerprint density at radius 3 is 2.11 bits per heavy atom. The molecule has 4 aliphatic carbocycles. The molecule has 0 aromatic rings. The van der Waals surface area contributed by atoms with Gasteiger partial charge in [-0.3, -0.25) is 5.84 Å². The SMILES string of the molecule is NN1CCCC1CCC12CC3CC(CC(C3)C1)C2. The average molecular weight is 248 g/mol. The van der Waals surface area contributed by atoms with E-state index in [1.165, 1.54) is 25.7 Å². The molecule has 1 atom stereocenters. The van der Waals surface area contributed by atoms with Gasteiger partial charge < -0.3 is 0 Å². The normalized spacial score (nSPS) is 51.2. The third-order valence-electron chi connectivity index (χ3n) is 6.60. The van der Waals surface area contributed by atoms with Crippen molar-refractivity contribution in [2.45, 2.75) is 70.3 Å². The lowest BCUT2D eigenvalue weighted by Gasteiger charge is -2.57. The van der Waals surface area contributed by atoms with E-state index in [0.29, 0.717) is 6.04 Å². The van der Waals surface area contributed by atoms with E-state index in [1.54, 1.807) is 38.5 Å². The van der Waals surface area contributed by atoms with Gasteiger partial charge in [0.15, 0.2) is 0 Å². The second kappa shape index (κ2) is 4.21. The molecule has 0 aromatic heterocycles. The summed E-state index contributed by atoms with van der Waals surface area (Å²) in [6, 6.07) is 0.706. The zero-order chi connectivity index (χ0) is 12.2. The van der Waals surface area contributed by atoms with Gasteiger partial charge in [0.1, 0.15) is 0 Å². The summed E-state index contributed by atoms with van der Waals surface area (Å²) in [5.41, 5.74) is 0.762. The van der Waals surface area contributed by atoms with Gasteiger partial charge >= 0.3 is 0 Å². The lowest BCUT2D eigenvalue weighted by atomic mass is 9.48. The Morgan fingerprint density at radius 1 is 1.00 bits per heavy atom. The maximum absolute atomic E-state index is 6.09. The standard InChI is InChI=1S/C16H28N2/c17-18-5-1-2-15(18)3-4-16-9-12-6-13(10-16)8-14(7-12)11-16/h12-15H,1-11,17H2. The molecule has 1 unspecified atom stereocenters. The van der Waals surface area contributed by atoms with Crippen LogP contribution in [0.2, 0.25) is 0 Å². The van der Waals surface area contributed by atoms with E-state index in [-0.39, 0.29) is 0 Å². The zero-order valence-electron chi connectivity index (χ0n) is 11.6. The molecule has 2 nitrogen and oxygen atoms in total. The molecule has 4 saturated carbocycles. The Morgan fingerprint density at radius 2 is 1.61 bits per heavy atom. The summed E-state index contributed by atoms with van der Waals surface area (Å²) in [6.07, 6.45) is 15.0. The van der Waals surface area contributed by atoms with Crippen molar-refractivity contribution in [3.05, 3.63) is 0 Å². The molecular weight excluding hydrogens is 220 g/mol. The number of nitrogens with two attached hydrogens (primary N) is 1. The number of nitrogens with zero attached hydrogens (tertiary/aromatic N) is 1. The molecular formula is C16H28N2. The molecule has 1 saturated heterocycles. The molecule has 102 valence electrons. The van der Waals surface area contributed by atoms with Gasteiger partial charge in [0.05, 0.1) is 0 Å². The molecule has 1 aliphatic heterocycles. The van der Waals surface area contributed by atoms with Crippen molar-refractivity contribution < 1.29 is 0 Å². The second-order valence-electron chi connectivity index (χ2n) is 7.99. The van der Waals surface area contributed by atoms with Gasteiger partial charge in [-0.2, -0.15) is 0 Å². The van der Waals surface area contributed by atoms with Crippen LogP contribution in [0.1, 0.15) is 64.2 Å². The third kappa shape index (κ3) is 1.92. The maximum Gasteiger partial charge on any atom is 0.0241 e. The van der Waals surface area contributed by atoms with E-state index in [1.807, 2.05) is 0 Å². The van der Waals surface area contributed by atoms with Crippen molar-refractivity contribution in [2.75, 3.05) is 6.54 Å². The summed E-state index contributed by atoms with van der Waals surface area (Å²) in [5, 5.41) is 2.13. The molecule has 0 amide bonds. The first-order valence-corrected chi connectivity index (χ1v) is 8.24. The van der Waals surface area contributed by atoms with E-state index < -0.39 is 0 Å². The zero-order valence-corrected chi connectivity index (χ0v) is 11.6. The van der Waals surface area contributed by atoms with Crippen LogP contribution in [0.5, 0.6) is 0 Å². The molecule has 1 heterocycles. The molecule has 4 bridgehead atoms. The van der Waals surface area contributed by atoms with Gasteiger partial charge in [-0.05, 0) is 87.4 Å². The quantitative estimate of drug-likeness (QED) is 0.776. The van der Waals surface area contributed by atoms with Crippen LogP contribution in [-0.2, 0) is 0 Å². The smallest absolute Gasteiger partial charge is 0.0241 e. The van der Waals surface area contributed by atoms with E-state index in [9.17, 15) is 0 Å². The molecule has 5 rings (SSSR count). The summed E-state index contributed by atoms with van der Waals surface area (Å²) in [4.78, 5) is 0. The highest BCUT2D eigenvalue weighted by Gasteiger charge is 2.50. The fourth-order valence-electron chi connectivity index (χ4n) is 6.24. The number of rotatable bonds is 3. The van der Waals surface area contributed by atoms with Crippen LogP contribution in [-0.4, -0.2) is 17.6 Å². The van der Waals surface area contributed by atoms with Crippen molar-refractivity contribution in [1.29, 1.82) is 0 Å². The number of hydrogen-bond donors (Lipinski definition) is 1. The topological polar surface area (TPSA) is 29.3 Å². The summed E-state index contributed by atoms with van der Waals surface area (Å²) < 4.78 is 0. The van der Waals surface area contributed by atoms with Gasteiger partial charge in [0, 0.05) is 12.6 Å². The summed E-state index contributed by atoms with van der Waals surface area (Å²) in [7, 11) is 0. The molecule has 0 radical (unpaired) electrons. The van der Waals surface area contributed by atoms with Gasteiger partial charge in [-0.15, -0.1) is 0 Å². The van der Waals surface area contributed by atoms with Gasteiger partial charge in [0.2, 0.25) is 0 Å². The largest absolute Gasteiger partial charge is 0.269 e. The van der Waals surface area contributed by atoms with Gasteiger partial charge in [-0.25, -0.2) is 5.01 Å². The molecule has 5 aliphatic rings.